The minimum absolute atomic E-state index is 0.00569. The van der Waals surface area contributed by atoms with Gasteiger partial charge in [0.1, 0.15) is 5.76 Å². The number of nitrogens with zero attached hydrogens (tertiary/aromatic N) is 1. The van der Waals surface area contributed by atoms with Gasteiger partial charge in [-0.2, -0.15) is 0 Å². The lowest BCUT2D eigenvalue weighted by atomic mass is 10.1. The van der Waals surface area contributed by atoms with E-state index in [0.29, 0.717) is 5.76 Å². The third-order valence-electron chi connectivity index (χ3n) is 2.98. The molecule has 0 aliphatic carbocycles. The molecule has 0 spiro atoms. The highest BCUT2D eigenvalue weighted by Gasteiger charge is 2.16. The molecule has 0 aliphatic heterocycles. The Kier molecular flexibility index (Phi) is 2.69. The molecule has 0 fully saturated rings. The van der Waals surface area contributed by atoms with E-state index in [2.05, 4.69) is 0 Å². The van der Waals surface area contributed by atoms with Crippen LogP contribution in [0.4, 0.5) is 0 Å². The van der Waals surface area contributed by atoms with Crippen LogP contribution in [0.2, 0.25) is 0 Å². The van der Waals surface area contributed by atoms with Crippen LogP contribution in [0.1, 0.15) is 30.0 Å². The van der Waals surface area contributed by atoms with Gasteiger partial charge in [0.15, 0.2) is 0 Å². The minimum atomic E-state index is -0.286. The molecule has 0 saturated carbocycles. The molecule has 1 aromatic heterocycles. The van der Waals surface area contributed by atoms with Gasteiger partial charge in [0, 0.05) is 0 Å². The van der Waals surface area contributed by atoms with Crippen LogP contribution in [0.25, 0.3) is 0 Å². The average molecular weight is 217 g/mol. The molecule has 1 aromatic carbocycles. The van der Waals surface area contributed by atoms with Gasteiger partial charge in [-0.05, 0) is 26.3 Å². The molecule has 0 saturated heterocycles. The highest BCUT2D eigenvalue weighted by molar-refractivity contribution is 5.21. The maximum atomic E-state index is 11.7. The Hall–Kier alpha value is -1.77. The van der Waals surface area contributed by atoms with Crippen LogP contribution in [0, 0.1) is 13.8 Å². The largest absolute Gasteiger partial charge is 0.419 e. The van der Waals surface area contributed by atoms with Crippen molar-refractivity contribution in [3.63, 3.8) is 0 Å². The van der Waals surface area contributed by atoms with E-state index in [1.807, 2.05) is 51.1 Å². The standard InChI is InChI=1S/C13H15NO2/c1-9-11(3)16-13(15)14(9)10(2)12-7-5-4-6-8-12/h4-8,10H,1-3H3/t10-/m0/s1. The summed E-state index contributed by atoms with van der Waals surface area (Å²) < 4.78 is 6.78. The van der Waals surface area contributed by atoms with E-state index in [4.69, 9.17) is 4.42 Å². The number of oxazole rings is 1. The van der Waals surface area contributed by atoms with Crippen molar-refractivity contribution in [3.05, 3.63) is 57.9 Å². The van der Waals surface area contributed by atoms with E-state index >= 15 is 0 Å². The molecule has 3 heteroatoms. The second-order valence-electron chi connectivity index (χ2n) is 3.97. The van der Waals surface area contributed by atoms with Gasteiger partial charge in [-0.25, -0.2) is 4.79 Å². The van der Waals surface area contributed by atoms with Crippen LogP contribution in [-0.4, -0.2) is 4.57 Å². The fraction of sp³-hybridized carbons (Fsp3) is 0.308. The summed E-state index contributed by atoms with van der Waals surface area (Å²) in [7, 11) is 0. The van der Waals surface area contributed by atoms with Crippen LogP contribution in [0.5, 0.6) is 0 Å². The summed E-state index contributed by atoms with van der Waals surface area (Å²) in [5, 5.41) is 0. The molecular weight excluding hydrogens is 202 g/mol. The molecular formula is C13H15NO2. The average Bonchev–Trinajstić information content (AvgIpc) is 2.54. The summed E-state index contributed by atoms with van der Waals surface area (Å²) >= 11 is 0. The molecule has 2 aromatic rings. The number of aromatic nitrogens is 1. The van der Waals surface area contributed by atoms with Crippen molar-refractivity contribution in [1.82, 2.24) is 4.57 Å². The van der Waals surface area contributed by atoms with E-state index in [1.54, 1.807) is 4.57 Å². The zero-order valence-electron chi connectivity index (χ0n) is 9.73. The van der Waals surface area contributed by atoms with Crippen molar-refractivity contribution in [2.45, 2.75) is 26.8 Å². The highest BCUT2D eigenvalue weighted by atomic mass is 16.4. The van der Waals surface area contributed by atoms with Crippen molar-refractivity contribution >= 4 is 0 Å². The number of hydrogen-bond donors (Lipinski definition) is 0. The predicted molar refractivity (Wildman–Crippen MR) is 62.7 cm³/mol. The fourth-order valence-corrected chi connectivity index (χ4v) is 1.89. The number of hydrogen-bond acceptors (Lipinski definition) is 2. The smallest absolute Gasteiger partial charge is 0.413 e. The molecule has 2 rings (SSSR count). The minimum Gasteiger partial charge on any atom is -0.413 e. The Balaban J connectivity index is 2.50. The maximum Gasteiger partial charge on any atom is 0.419 e. The monoisotopic (exact) mass is 217 g/mol. The number of aryl methyl sites for hydroxylation is 1. The third-order valence-corrected chi connectivity index (χ3v) is 2.98. The normalized spacial score (nSPS) is 12.7. The Bertz CT molecular complexity index is 537. The van der Waals surface area contributed by atoms with Gasteiger partial charge in [0.05, 0.1) is 11.7 Å². The molecule has 0 unspecified atom stereocenters. The zero-order valence-corrected chi connectivity index (χ0v) is 9.73. The Morgan fingerprint density at radius 1 is 1.19 bits per heavy atom. The molecule has 1 heterocycles. The van der Waals surface area contributed by atoms with Gasteiger partial charge < -0.3 is 4.42 Å². The Morgan fingerprint density at radius 3 is 2.31 bits per heavy atom. The number of benzene rings is 1. The van der Waals surface area contributed by atoms with Crippen LogP contribution < -0.4 is 5.76 Å². The van der Waals surface area contributed by atoms with Gasteiger partial charge in [-0.15, -0.1) is 0 Å². The first kappa shape index (κ1) is 10.7. The quantitative estimate of drug-likeness (QED) is 0.775. The van der Waals surface area contributed by atoms with Gasteiger partial charge in [-0.1, -0.05) is 30.3 Å². The summed E-state index contributed by atoms with van der Waals surface area (Å²) in [6, 6.07) is 9.94. The maximum absolute atomic E-state index is 11.7. The van der Waals surface area contributed by atoms with Crippen LogP contribution in [0.3, 0.4) is 0 Å². The SMILES string of the molecule is Cc1oc(=O)n([C@@H](C)c2ccccc2)c1C. The van der Waals surface area contributed by atoms with Crippen LogP contribution in [-0.2, 0) is 0 Å². The third kappa shape index (κ3) is 1.69. The molecule has 0 bridgehead atoms. The van der Waals surface area contributed by atoms with Crippen LogP contribution >= 0.6 is 0 Å². The molecule has 1 atom stereocenters. The van der Waals surface area contributed by atoms with Gasteiger partial charge in [0.25, 0.3) is 0 Å². The number of rotatable bonds is 2. The lowest BCUT2D eigenvalue weighted by molar-refractivity contribution is 0.449. The van der Waals surface area contributed by atoms with Gasteiger partial charge >= 0.3 is 5.76 Å². The lowest BCUT2D eigenvalue weighted by Crippen LogP contribution is -2.20. The van der Waals surface area contributed by atoms with E-state index < -0.39 is 0 Å². The first-order chi connectivity index (χ1) is 7.61. The predicted octanol–water partition coefficient (Wildman–Crippen LogP) is 2.67. The Labute approximate surface area is 94.3 Å². The van der Waals surface area contributed by atoms with E-state index in [-0.39, 0.29) is 11.8 Å². The topological polar surface area (TPSA) is 35.1 Å². The summed E-state index contributed by atoms with van der Waals surface area (Å²) in [5.41, 5.74) is 2.00. The second kappa shape index (κ2) is 4.00. The van der Waals surface area contributed by atoms with Crippen molar-refractivity contribution in [2.24, 2.45) is 0 Å². The first-order valence-corrected chi connectivity index (χ1v) is 5.34. The lowest BCUT2D eigenvalue weighted by Gasteiger charge is -2.13. The summed E-state index contributed by atoms with van der Waals surface area (Å²) in [5.74, 6) is 0.402. The summed E-state index contributed by atoms with van der Waals surface area (Å²) in [6.45, 7) is 5.71. The highest BCUT2D eigenvalue weighted by Crippen LogP contribution is 2.18. The zero-order chi connectivity index (χ0) is 11.7. The van der Waals surface area contributed by atoms with Crippen LogP contribution in [0.15, 0.2) is 39.5 Å². The van der Waals surface area contributed by atoms with Gasteiger partial charge in [0.2, 0.25) is 0 Å². The molecule has 0 N–H and O–H groups in total. The van der Waals surface area contributed by atoms with Crippen molar-refractivity contribution in [2.75, 3.05) is 0 Å². The van der Waals surface area contributed by atoms with Gasteiger partial charge in [-0.3, -0.25) is 4.57 Å². The molecule has 84 valence electrons. The summed E-state index contributed by atoms with van der Waals surface area (Å²) in [4.78, 5) is 11.7. The molecule has 16 heavy (non-hydrogen) atoms. The summed E-state index contributed by atoms with van der Waals surface area (Å²) in [6.07, 6.45) is 0. The van der Waals surface area contributed by atoms with E-state index in [1.165, 1.54) is 0 Å². The Morgan fingerprint density at radius 2 is 1.81 bits per heavy atom. The van der Waals surface area contributed by atoms with Crippen molar-refractivity contribution in [3.8, 4) is 0 Å². The first-order valence-electron chi connectivity index (χ1n) is 5.34. The molecule has 0 aliphatic rings. The van der Waals surface area contributed by atoms with Crippen molar-refractivity contribution < 1.29 is 4.42 Å². The molecule has 3 nitrogen and oxygen atoms in total. The second-order valence-corrected chi connectivity index (χ2v) is 3.97. The molecule has 0 amide bonds. The van der Waals surface area contributed by atoms with Crippen molar-refractivity contribution in [1.29, 1.82) is 0 Å². The fourth-order valence-electron chi connectivity index (χ4n) is 1.89. The van der Waals surface area contributed by atoms with E-state index in [0.717, 1.165) is 11.3 Å². The molecule has 0 radical (unpaired) electrons. The van der Waals surface area contributed by atoms with E-state index in [9.17, 15) is 4.79 Å².